The molecule has 2 fully saturated rings. The minimum absolute atomic E-state index is 0.0466. The first kappa shape index (κ1) is 11.3. The zero-order chi connectivity index (χ0) is 12.7. The van der Waals surface area contributed by atoms with Gasteiger partial charge in [0.2, 0.25) is 0 Å². The van der Waals surface area contributed by atoms with Gasteiger partial charge in [-0.1, -0.05) is 6.07 Å². The monoisotopic (exact) mass is 250 g/mol. The molecule has 0 radical (unpaired) electrons. The molecule has 3 rings (SSSR count). The van der Waals surface area contributed by atoms with Crippen molar-refractivity contribution in [2.75, 3.05) is 20.3 Å². The third kappa shape index (κ3) is 1.62. The third-order valence-electron chi connectivity index (χ3n) is 3.61. The predicted octanol–water partition coefficient (Wildman–Crippen LogP) is 1.26. The number of cyclic esters (lactones) is 1. The quantitative estimate of drug-likeness (QED) is 0.800. The summed E-state index contributed by atoms with van der Waals surface area (Å²) in [7, 11) is 1.50. The Kier molecular flexibility index (Phi) is 2.63. The van der Waals surface area contributed by atoms with Gasteiger partial charge in [-0.05, 0) is 17.7 Å². The van der Waals surface area contributed by atoms with Crippen LogP contribution in [0, 0.1) is 11.8 Å². The Balaban J connectivity index is 1.87. The van der Waals surface area contributed by atoms with Crippen molar-refractivity contribution in [2.45, 2.75) is 6.10 Å². The lowest BCUT2D eigenvalue weighted by molar-refractivity contribution is -0.142. The summed E-state index contributed by atoms with van der Waals surface area (Å²) >= 11 is 0. The SMILES string of the molecule is COc1ccc(C2OCC3C(=O)OCC32)cc1O. The number of hydrogen-bond acceptors (Lipinski definition) is 5. The van der Waals surface area contributed by atoms with E-state index in [0.717, 1.165) is 5.56 Å². The molecule has 0 bridgehead atoms. The van der Waals surface area contributed by atoms with Gasteiger partial charge in [-0.2, -0.15) is 0 Å². The number of rotatable bonds is 2. The smallest absolute Gasteiger partial charge is 0.311 e. The molecule has 3 atom stereocenters. The van der Waals surface area contributed by atoms with Gasteiger partial charge in [-0.15, -0.1) is 0 Å². The first-order valence-electron chi connectivity index (χ1n) is 5.86. The van der Waals surface area contributed by atoms with E-state index in [4.69, 9.17) is 14.2 Å². The highest BCUT2D eigenvalue weighted by molar-refractivity contribution is 5.75. The summed E-state index contributed by atoms with van der Waals surface area (Å²) in [6.07, 6.45) is -0.196. The van der Waals surface area contributed by atoms with Gasteiger partial charge in [0, 0.05) is 5.92 Å². The van der Waals surface area contributed by atoms with Crippen LogP contribution in [-0.4, -0.2) is 31.4 Å². The normalized spacial score (nSPS) is 30.1. The molecule has 2 aliphatic rings. The molecule has 0 aliphatic carbocycles. The summed E-state index contributed by atoms with van der Waals surface area (Å²) in [5.41, 5.74) is 0.846. The summed E-state index contributed by atoms with van der Waals surface area (Å²) in [5.74, 6) is 0.198. The van der Waals surface area contributed by atoms with E-state index >= 15 is 0 Å². The van der Waals surface area contributed by atoms with Crippen LogP contribution >= 0.6 is 0 Å². The molecule has 3 unspecified atom stereocenters. The highest BCUT2D eigenvalue weighted by Gasteiger charge is 2.48. The average molecular weight is 250 g/mol. The van der Waals surface area contributed by atoms with Crippen molar-refractivity contribution in [3.8, 4) is 11.5 Å². The second-order valence-electron chi connectivity index (χ2n) is 4.59. The van der Waals surface area contributed by atoms with E-state index in [0.29, 0.717) is 19.0 Å². The van der Waals surface area contributed by atoms with Crippen LogP contribution < -0.4 is 4.74 Å². The molecule has 2 heterocycles. The molecule has 5 heteroatoms. The maximum atomic E-state index is 11.4. The largest absolute Gasteiger partial charge is 0.504 e. The van der Waals surface area contributed by atoms with E-state index in [2.05, 4.69) is 0 Å². The molecule has 0 spiro atoms. The van der Waals surface area contributed by atoms with Crippen LogP contribution in [0.15, 0.2) is 18.2 Å². The number of benzene rings is 1. The van der Waals surface area contributed by atoms with Crippen molar-refractivity contribution in [1.29, 1.82) is 0 Å². The molecule has 1 N–H and O–H groups in total. The lowest BCUT2D eigenvalue weighted by atomic mass is 9.90. The number of methoxy groups -OCH3 is 1. The zero-order valence-corrected chi connectivity index (χ0v) is 9.96. The molecule has 1 aromatic rings. The second-order valence-corrected chi connectivity index (χ2v) is 4.59. The van der Waals surface area contributed by atoms with E-state index in [1.807, 2.05) is 6.07 Å². The van der Waals surface area contributed by atoms with E-state index in [-0.39, 0.29) is 29.7 Å². The number of hydrogen-bond donors (Lipinski definition) is 1. The molecule has 0 amide bonds. The maximum absolute atomic E-state index is 11.4. The standard InChI is InChI=1S/C13H14O5/c1-16-11-3-2-7(4-10(11)14)12-8-5-18-13(15)9(8)6-17-12/h2-4,8-9,12,14H,5-6H2,1H3. The fourth-order valence-corrected chi connectivity index (χ4v) is 2.62. The number of carbonyl (C=O) groups excluding carboxylic acids is 1. The highest BCUT2D eigenvalue weighted by Crippen LogP contribution is 2.43. The van der Waals surface area contributed by atoms with E-state index in [1.165, 1.54) is 7.11 Å². The van der Waals surface area contributed by atoms with Crippen LogP contribution in [0.25, 0.3) is 0 Å². The Morgan fingerprint density at radius 1 is 1.39 bits per heavy atom. The van der Waals surface area contributed by atoms with Gasteiger partial charge in [0.1, 0.15) is 0 Å². The van der Waals surface area contributed by atoms with Crippen molar-refractivity contribution in [3.05, 3.63) is 23.8 Å². The molecule has 96 valence electrons. The van der Waals surface area contributed by atoms with Crippen LogP contribution in [0.5, 0.6) is 11.5 Å². The zero-order valence-electron chi connectivity index (χ0n) is 9.96. The van der Waals surface area contributed by atoms with Gasteiger partial charge in [0.05, 0.1) is 32.3 Å². The topological polar surface area (TPSA) is 65.0 Å². The molecule has 2 aliphatic heterocycles. The van der Waals surface area contributed by atoms with E-state index in [9.17, 15) is 9.90 Å². The molecule has 0 saturated carbocycles. The molecule has 1 aromatic carbocycles. The lowest BCUT2D eigenvalue weighted by Gasteiger charge is -2.16. The molecule has 2 saturated heterocycles. The fourth-order valence-electron chi connectivity index (χ4n) is 2.62. The maximum Gasteiger partial charge on any atom is 0.311 e. The minimum Gasteiger partial charge on any atom is -0.504 e. The number of fused-ring (bicyclic) bond motifs is 1. The second kappa shape index (κ2) is 4.17. The fraction of sp³-hybridized carbons (Fsp3) is 0.462. The molecule has 5 nitrogen and oxygen atoms in total. The van der Waals surface area contributed by atoms with Gasteiger partial charge in [-0.25, -0.2) is 0 Å². The van der Waals surface area contributed by atoms with Crippen LogP contribution in [0.1, 0.15) is 11.7 Å². The number of aromatic hydroxyl groups is 1. The Morgan fingerprint density at radius 2 is 2.22 bits per heavy atom. The van der Waals surface area contributed by atoms with Crippen molar-refractivity contribution in [3.63, 3.8) is 0 Å². The van der Waals surface area contributed by atoms with E-state index < -0.39 is 0 Å². The molecule has 18 heavy (non-hydrogen) atoms. The summed E-state index contributed by atoms with van der Waals surface area (Å²) in [6.45, 7) is 0.780. The lowest BCUT2D eigenvalue weighted by Crippen LogP contribution is -2.14. The van der Waals surface area contributed by atoms with Crippen molar-refractivity contribution < 1.29 is 24.1 Å². The Hall–Kier alpha value is -1.75. The number of ether oxygens (including phenoxy) is 3. The molecular formula is C13H14O5. The van der Waals surface area contributed by atoms with Crippen LogP contribution in [0.3, 0.4) is 0 Å². The number of phenols is 1. The highest BCUT2D eigenvalue weighted by atomic mass is 16.6. The first-order chi connectivity index (χ1) is 8.70. The van der Waals surface area contributed by atoms with Gasteiger partial charge in [-0.3, -0.25) is 4.79 Å². The third-order valence-corrected chi connectivity index (χ3v) is 3.61. The van der Waals surface area contributed by atoms with Crippen molar-refractivity contribution in [1.82, 2.24) is 0 Å². The summed E-state index contributed by atoms with van der Waals surface area (Å²) < 4.78 is 15.7. The molecular weight excluding hydrogens is 236 g/mol. The van der Waals surface area contributed by atoms with Crippen molar-refractivity contribution >= 4 is 5.97 Å². The van der Waals surface area contributed by atoms with Crippen LogP contribution in [0.2, 0.25) is 0 Å². The number of esters is 1. The summed E-state index contributed by atoms with van der Waals surface area (Å²) in [5, 5.41) is 9.77. The minimum atomic E-state index is -0.196. The number of carbonyl (C=O) groups is 1. The summed E-state index contributed by atoms with van der Waals surface area (Å²) in [4.78, 5) is 11.4. The summed E-state index contributed by atoms with van der Waals surface area (Å²) in [6, 6.07) is 5.15. The Labute approximate surface area is 104 Å². The average Bonchev–Trinajstić information content (AvgIpc) is 2.93. The Bertz CT molecular complexity index is 484. The predicted molar refractivity (Wildman–Crippen MR) is 61.3 cm³/mol. The molecule has 0 aromatic heterocycles. The number of phenolic OH excluding ortho intramolecular Hbond substituents is 1. The van der Waals surface area contributed by atoms with Gasteiger partial charge in [0.25, 0.3) is 0 Å². The van der Waals surface area contributed by atoms with Gasteiger partial charge in [0.15, 0.2) is 11.5 Å². The van der Waals surface area contributed by atoms with Crippen molar-refractivity contribution in [2.24, 2.45) is 11.8 Å². The van der Waals surface area contributed by atoms with Crippen LogP contribution in [0.4, 0.5) is 0 Å². The van der Waals surface area contributed by atoms with Crippen LogP contribution in [-0.2, 0) is 14.3 Å². The van der Waals surface area contributed by atoms with Gasteiger partial charge < -0.3 is 19.3 Å². The van der Waals surface area contributed by atoms with Gasteiger partial charge >= 0.3 is 5.97 Å². The Morgan fingerprint density at radius 3 is 2.94 bits per heavy atom. The first-order valence-corrected chi connectivity index (χ1v) is 5.86. The van der Waals surface area contributed by atoms with E-state index in [1.54, 1.807) is 12.1 Å².